The van der Waals surface area contributed by atoms with Gasteiger partial charge in [0.25, 0.3) is 15.9 Å². The van der Waals surface area contributed by atoms with Crippen LogP contribution in [0.4, 0.5) is 5.69 Å². The third kappa shape index (κ3) is 5.78. The Kier molecular flexibility index (Phi) is 6.71. The van der Waals surface area contributed by atoms with Gasteiger partial charge in [-0.25, -0.2) is 8.42 Å². The van der Waals surface area contributed by atoms with Crippen molar-refractivity contribution >= 4 is 21.6 Å². The molecular formula is C26H22N2O4S. The average molecular weight is 459 g/mol. The van der Waals surface area contributed by atoms with Gasteiger partial charge in [-0.15, -0.1) is 0 Å². The highest BCUT2D eigenvalue weighted by Crippen LogP contribution is 2.25. The quantitative estimate of drug-likeness (QED) is 0.380. The summed E-state index contributed by atoms with van der Waals surface area (Å²) in [5.74, 6) is 0.797. The van der Waals surface area contributed by atoms with Crippen molar-refractivity contribution in [3.05, 3.63) is 120 Å². The van der Waals surface area contributed by atoms with Gasteiger partial charge in [0.05, 0.1) is 16.1 Å². The molecule has 0 unspecified atom stereocenters. The Bertz CT molecular complexity index is 1320. The fourth-order valence-corrected chi connectivity index (χ4v) is 4.24. The first kappa shape index (κ1) is 22.1. The summed E-state index contributed by atoms with van der Waals surface area (Å²) >= 11 is 0. The van der Waals surface area contributed by atoms with E-state index in [0.717, 1.165) is 5.56 Å². The van der Waals surface area contributed by atoms with Crippen molar-refractivity contribution < 1.29 is 17.9 Å². The molecule has 4 aromatic rings. The summed E-state index contributed by atoms with van der Waals surface area (Å²) in [6.07, 6.45) is 0. The zero-order chi connectivity index (χ0) is 23.1. The number of rotatable bonds is 8. The van der Waals surface area contributed by atoms with Crippen LogP contribution in [-0.2, 0) is 16.6 Å². The molecule has 0 atom stereocenters. The largest absolute Gasteiger partial charge is 0.457 e. The lowest BCUT2D eigenvalue weighted by Crippen LogP contribution is -2.25. The molecule has 0 radical (unpaired) electrons. The predicted molar refractivity (Wildman–Crippen MR) is 128 cm³/mol. The highest BCUT2D eigenvalue weighted by molar-refractivity contribution is 7.92. The Morgan fingerprint density at radius 2 is 1.27 bits per heavy atom. The van der Waals surface area contributed by atoms with E-state index in [9.17, 15) is 13.2 Å². The SMILES string of the molecule is O=C(NCc1ccccc1)c1ccccc1NS(=O)(=O)c1ccc(Oc2ccccc2)cc1. The molecule has 4 aromatic carbocycles. The van der Waals surface area contributed by atoms with E-state index in [2.05, 4.69) is 10.0 Å². The Labute approximate surface area is 192 Å². The summed E-state index contributed by atoms with van der Waals surface area (Å²) in [6, 6.07) is 31.3. The number of ether oxygens (including phenoxy) is 1. The van der Waals surface area contributed by atoms with Gasteiger partial charge in [0.2, 0.25) is 0 Å². The van der Waals surface area contributed by atoms with Crippen LogP contribution in [0.25, 0.3) is 0 Å². The molecule has 0 saturated heterocycles. The van der Waals surface area contributed by atoms with E-state index >= 15 is 0 Å². The minimum Gasteiger partial charge on any atom is -0.457 e. The van der Waals surface area contributed by atoms with Crippen LogP contribution in [0.5, 0.6) is 11.5 Å². The molecule has 1 amide bonds. The van der Waals surface area contributed by atoms with Crippen molar-refractivity contribution in [3.63, 3.8) is 0 Å². The summed E-state index contributed by atoms with van der Waals surface area (Å²) in [5.41, 5.74) is 1.38. The molecule has 0 aliphatic carbocycles. The minimum absolute atomic E-state index is 0.0578. The van der Waals surface area contributed by atoms with Crippen molar-refractivity contribution in [2.45, 2.75) is 11.4 Å². The summed E-state index contributed by atoms with van der Waals surface area (Å²) < 4.78 is 34.1. The Morgan fingerprint density at radius 3 is 1.97 bits per heavy atom. The fraction of sp³-hybridized carbons (Fsp3) is 0.0385. The Morgan fingerprint density at radius 1 is 0.697 bits per heavy atom. The van der Waals surface area contributed by atoms with E-state index in [1.807, 2.05) is 60.7 Å². The van der Waals surface area contributed by atoms with Gasteiger partial charge in [0.1, 0.15) is 11.5 Å². The average Bonchev–Trinajstić information content (AvgIpc) is 2.84. The number of hydrogen-bond donors (Lipinski definition) is 2. The molecule has 2 N–H and O–H groups in total. The zero-order valence-electron chi connectivity index (χ0n) is 17.6. The number of para-hydroxylation sites is 2. The number of amides is 1. The van der Waals surface area contributed by atoms with Gasteiger partial charge in [-0.1, -0.05) is 60.7 Å². The lowest BCUT2D eigenvalue weighted by Gasteiger charge is -2.13. The molecule has 0 heterocycles. The zero-order valence-corrected chi connectivity index (χ0v) is 18.5. The number of nitrogens with one attached hydrogen (secondary N) is 2. The van der Waals surface area contributed by atoms with E-state index in [1.54, 1.807) is 36.4 Å². The maximum atomic E-state index is 12.9. The molecule has 0 saturated carbocycles. The standard InChI is InChI=1S/C26H22N2O4S/c29-26(27-19-20-9-3-1-4-10-20)24-13-7-8-14-25(24)28-33(30,31)23-17-15-22(16-18-23)32-21-11-5-2-6-12-21/h1-18,28H,19H2,(H,27,29). The third-order valence-corrected chi connectivity index (χ3v) is 6.21. The van der Waals surface area contributed by atoms with Crippen LogP contribution in [0, 0.1) is 0 Å². The molecule has 0 spiro atoms. The summed E-state index contributed by atoms with van der Waals surface area (Å²) in [4.78, 5) is 12.8. The van der Waals surface area contributed by atoms with Crippen molar-refractivity contribution in [2.75, 3.05) is 4.72 Å². The van der Waals surface area contributed by atoms with Gasteiger partial charge < -0.3 is 10.1 Å². The van der Waals surface area contributed by atoms with Crippen LogP contribution in [0.15, 0.2) is 114 Å². The van der Waals surface area contributed by atoms with E-state index in [1.165, 1.54) is 12.1 Å². The normalized spacial score (nSPS) is 10.9. The Balaban J connectivity index is 1.47. The molecule has 0 bridgehead atoms. The van der Waals surface area contributed by atoms with E-state index in [0.29, 0.717) is 18.0 Å². The summed E-state index contributed by atoms with van der Waals surface area (Å²) in [7, 11) is -3.91. The number of carbonyl (C=O) groups excluding carboxylic acids is 1. The van der Waals surface area contributed by atoms with Gasteiger partial charge in [-0.2, -0.15) is 0 Å². The van der Waals surface area contributed by atoms with Crippen molar-refractivity contribution in [2.24, 2.45) is 0 Å². The van der Waals surface area contributed by atoms with Gasteiger partial charge >= 0.3 is 0 Å². The number of sulfonamides is 1. The molecular weight excluding hydrogens is 436 g/mol. The molecule has 0 aromatic heterocycles. The number of benzene rings is 4. The Hall–Kier alpha value is -4.10. The molecule has 6 nitrogen and oxygen atoms in total. The first-order chi connectivity index (χ1) is 16.0. The number of carbonyl (C=O) groups is 1. The molecule has 0 aliphatic heterocycles. The number of anilines is 1. The molecule has 33 heavy (non-hydrogen) atoms. The predicted octanol–water partition coefficient (Wildman–Crippen LogP) is 5.21. The first-order valence-electron chi connectivity index (χ1n) is 10.3. The molecule has 166 valence electrons. The summed E-state index contributed by atoms with van der Waals surface area (Å²) in [6.45, 7) is 0.337. The van der Waals surface area contributed by atoms with Crippen LogP contribution >= 0.6 is 0 Å². The summed E-state index contributed by atoms with van der Waals surface area (Å²) in [5, 5.41) is 2.82. The molecule has 7 heteroatoms. The van der Waals surface area contributed by atoms with Crippen molar-refractivity contribution in [1.29, 1.82) is 0 Å². The molecule has 0 fully saturated rings. The van der Waals surface area contributed by atoms with Gasteiger partial charge in [-0.05, 0) is 54.1 Å². The highest BCUT2D eigenvalue weighted by Gasteiger charge is 2.18. The van der Waals surface area contributed by atoms with E-state index in [4.69, 9.17) is 4.74 Å². The van der Waals surface area contributed by atoms with Gasteiger partial charge in [-0.3, -0.25) is 9.52 Å². The minimum atomic E-state index is -3.91. The van der Waals surface area contributed by atoms with Gasteiger partial charge in [0, 0.05) is 6.54 Å². The lowest BCUT2D eigenvalue weighted by molar-refractivity contribution is 0.0952. The lowest BCUT2D eigenvalue weighted by atomic mass is 10.1. The monoisotopic (exact) mass is 458 g/mol. The fourth-order valence-electron chi connectivity index (χ4n) is 3.16. The second-order valence-electron chi connectivity index (χ2n) is 7.21. The molecule has 0 aliphatic rings. The highest BCUT2D eigenvalue weighted by atomic mass is 32.2. The van der Waals surface area contributed by atoms with Crippen LogP contribution in [0.1, 0.15) is 15.9 Å². The maximum Gasteiger partial charge on any atom is 0.261 e. The molecule has 4 rings (SSSR count). The van der Waals surface area contributed by atoms with Crippen molar-refractivity contribution in [1.82, 2.24) is 5.32 Å². The van der Waals surface area contributed by atoms with Gasteiger partial charge in [0.15, 0.2) is 0 Å². The van der Waals surface area contributed by atoms with Crippen LogP contribution in [0.2, 0.25) is 0 Å². The maximum absolute atomic E-state index is 12.9. The van der Waals surface area contributed by atoms with E-state index < -0.39 is 10.0 Å². The van der Waals surface area contributed by atoms with Crippen LogP contribution in [-0.4, -0.2) is 14.3 Å². The van der Waals surface area contributed by atoms with Crippen LogP contribution < -0.4 is 14.8 Å². The number of hydrogen-bond acceptors (Lipinski definition) is 4. The second kappa shape index (κ2) is 10.0. The topological polar surface area (TPSA) is 84.5 Å². The third-order valence-electron chi connectivity index (χ3n) is 4.82. The van der Waals surface area contributed by atoms with Crippen molar-refractivity contribution in [3.8, 4) is 11.5 Å². The first-order valence-corrected chi connectivity index (χ1v) is 11.8. The smallest absolute Gasteiger partial charge is 0.261 e. The van der Waals surface area contributed by atoms with E-state index in [-0.39, 0.29) is 22.1 Å². The van der Waals surface area contributed by atoms with Crippen LogP contribution in [0.3, 0.4) is 0 Å². The second-order valence-corrected chi connectivity index (χ2v) is 8.89.